The number of aryl methyl sites for hydroxylation is 1. The first kappa shape index (κ1) is 17.4. The van der Waals surface area contributed by atoms with Crippen LogP contribution in [0.2, 0.25) is 0 Å². The van der Waals surface area contributed by atoms with Crippen LogP contribution in [0.4, 0.5) is 0 Å². The van der Waals surface area contributed by atoms with E-state index in [1.54, 1.807) is 0 Å². The second kappa shape index (κ2) is 7.64. The summed E-state index contributed by atoms with van der Waals surface area (Å²) in [6.45, 7) is 13.5. The van der Waals surface area contributed by atoms with Crippen molar-refractivity contribution >= 4 is 11.0 Å². The van der Waals surface area contributed by atoms with Gasteiger partial charge in [0, 0.05) is 31.7 Å². The summed E-state index contributed by atoms with van der Waals surface area (Å²) in [5.41, 5.74) is 2.30. The lowest BCUT2D eigenvalue weighted by atomic mass is 10.1. The number of nitrogens with one attached hydrogen (secondary N) is 1. The largest absolute Gasteiger partial charge is 0.379 e. The molecule has 3 atom stereocenters. The lowest BCUT2D eigenvalue weighted by Gasteiger charge is -2.38. The molecular weight excluding hydrogens is 300 g/mol. The molecule has 0 spiro atoms. The van der Waals surface area contributed by atoms with Crippen LogP contribution in [0.3, 0.4) is 0 Å². The Morgan fingerprint density at radius 1 is 1.33 bits per heavy atom. The highest BCUT2D eigenvalue weighted by molar-refractivity contribution is 5.76. The number of hydrogen-bond acceptors (Lipinski definition) is 4. The fourth-order valence-corrected chi connectivity index (χ4v) is 3.71. The Hall–Kier alpha value is -1.43. The molecule has 0 bridgehead atoms. The summed E-state index contributed by atoms with van der Waals surface area (Å²) in [6, 6.07) is 9.60. The Morgan fingerprint density at radius 3 is 2.88 bits per heavy atom. The summed E-state index contributed by atoms with van der Waals surface area (Å²) in [5, 5.41) is 3.69. The van der Waals surface area contributed by atoms with Crippen LogP contribution in [0.15, 0.2) is 24.3 Å². The van der Waals surface area contributed by atoms with Gasteiger partial charge in [0.15, 0.2) is 0 Å². The molecule has 1 fully saturated rings. The molecule has 5 heteroatoms. The quantitative estimate of drug-likeness (QED) is 0.884. The zero-order valence-electron chi connectivity index (χ0n) is 15.3. The van der Waals surface area contributed by atoms with Crippen molar-refractivity contribution < 1.29 is 4.74 Å². The first-order valence-electron chi connectivity index (χ1n) is 9.13. The van der Waals surface area contributed by atoms with Gasteiger partial charge in [-0.3, -0.25) is 4.90 Å². The number of para-hydroxylation sites is 2. The average Bonchev–Trinajstić information content (AvgIpc) is 2.98. The number of rotatable bonds is 6. The van der Waals surface area contributed by atoms with Gasteiger partial charge in [0.25, 0.3) is 0 Å². The van der Waals surface area contributed by atoms with Crippen molar-refractivity contribution in [1.82, 2.24) is 19.8 Å². The van der Waals surface area contributed by atoms with Crippen LogP contribution in [0.5, 0.6) is 0 Å². The minimum atomic E-state index is 0.233. The van der Waals surface area contributed by atoms with Gasteiger partial charge in [-0.25, -0.2) is 4.98 Å². The Kier molecular flexibility index (Phi) is 5.54. The summed E-state index contributed by atoms with van der Waals surface area (Å²) in [5.74, 6) is 1.13. The maximum atomic E-state index is 5.55. The molecule has 1 aliphatic rings. The van der Waals surface area contributed by atoms with Gasteiger partial charge in [0.1, 0.15) is 5.82 Å². The molecule has 1 aliphatic heterocycles. The number of ether oxygens (including phenoxy) is 1. The van der Waals surface area contributed by atoms with E-state index in [0.717, 1.165) is 44.2 Å². The molecule has 1 aromatic heterocycles. The fraction of sp³-hybridized carbons (Fsp3) is 0.632. The number of aromatic nitrogens is 2. The zero-order chi connectivity index (χ0) is 17.1. The van der Waals surface area contributed by atoms with Crippen LogP contribution in [-0.2, 0) is 11.3 Å². The van der Waals surface area contributed by atoms with Gasteiger partial charge in [0.05, 0.1) is 30.3 Å². The Balaban J connectivity index is 1.67. The highest BCUT2D eigenvalue weighted by Gasteiger charge is 2.24. The number of fused-ring (bicyclic) bond motifs is 1. The van der Waals surface area contributed by atoms with Crippen molar-refractivity contribution in [3.8, 4) is 0 Å². The van der Waals surface area contributed by atoms with E-state index < -0.39 is 0 Å². The first-order valence-corrected chi connectivity index (χ1v) is 9.13. The molecule has 24 heavy (non-hydrogen) atoms. The lowest BCUT2D eigenvalue weighted by molar-refractivity contribution is -0.0185. The number of imidazole rings is 1. The second-order valence-electron chi connectivity index (χ2n) is 6.84. The molecule has 2 heterocycles. The van der Waals surface area contributed by atoms with Crippen molar-refractivity contribution in [2.75, 3.05) is 26.3 Å². The molecular formula is C19H30N4O. The van der Waals surface area contributed by atoms with E-state index in [0.29, 0.717) is 12.1 Å². The normalized spacial score (nSPS) is 21.9. The molecule has 132 valence electrons. The van der Waals surface area contributed by atoms with E-state index in [1.165, 1.54) is 5.52 Å². The third-order valence-corrected chi connectivity index (χ3v) is 5.09. The van der Waals surface area contributed by atoms with E-state index in [4.69, 9.17) is 9.72 Å². The van der Waals surface area contributed by atoms with E-state index in [9.17, 15) is 0 Å². The van der Waals surface area contributed by atoms with Gasteiger partial charge in [-0.05, 0) is 39.8 Å². The maximum absolute atomic E-state index is 5.55. The molecule has 0 amide bonds. The summed E-state index contributed by atoms with van der Waals surface area (Å²) in [4.78, 5) is 7.39. The monoisotopic (exact) mass is 330 g/mol. The van der Waals surface area contributed by atoms with Crippen molar-refractivity contribution in [1.29, 1.82) is 0 Å². The SMILES string of the molecule is CCn1c([C@H](C)NC[C@H](C)N2CCOC[C@@H]2C)nc2ccccc21. The predicted molar refractivity (Wildman–Crippen MR) is 98.3 cm³/mol. The number of benzene rings is 1. The second-order valence-corrected chi connectivity index (χ2v) is 6.84. The van der Waals surface area contributed by atoms with Gasteiger partial charge in [-0.1, -0.05) is 12.1 Å². The molecule has 0 radical (unpaired) electrons. The van der Waals surface area contributed by atoms with Crippen LogP contribution < -0.4 is 5.32 Å². The molecule has 1 N–H and O–H groups in total. The highest BCUT2D eigenvalue weighted by atomic mass is 16.5. The maximum Gasteiger partial charge on any atom is 0.126 e. The van der Waals surface area contributed by atoms with Gasteiger partial charge < -0.3 is 14.6 Å². The minimum absolute atomic E-state index is 0.233. The molecule has 0 unspecified atom stereocenters. The van der Waals surface area contributed by atoms with Crippen LogP contribution in [0.1, 0.15) is 39.6 Å². The zero-order valence-corrected chi connectivity index (χ0v) is 15.3. The van der Waals surface area contributed by atoms with E-state index in [-0.39, 0.29) is 6.04 Å². The number of hydrogen-bond donors (Lipinski definition) is 1. The molecule has 1 aromatic carbocycles. The molecule has 5 nitrogen and oxygen atoms in total. The Labute approximate surface area is 145 Å². The molecule has 2 aromatic rings. The molecule has 1 saturated heterocycles. The van der Waals surface area contributed by atoms with Crippen molar-refractivity contribution in [2.24, 2.45) is 0 Å². The van der Waals surface area contributed by atoms with Crippen LogP contribution in [0, 0.1) is 0 Å². The average molecular weight is 330 g/mol. The van der Waals surface area contributed by atoms with Gasteiger partial charge >= 0.3 is 0 Å². The predicted octanol–water partition coefficient (Wildman–Crippen LogP) is 2.82. The Bertz CT molecular complexity index is 668. The van der Waals surface area contributed by atoms with E-state index >= 15 is 0 Å². The first-order chi connectivity index (χ1) is 11.6. The van der Waals surface area contributed by atoms with Crippen molar-refractivity contribution in [2.45, 2.75) is 52.4 Å². The summed E-state index contributed by atoms with van der Waals surface area (Å²) >= 11 is 0. The van der Waals surface area contributed by atoms with Gasteiger partial charge in [0.2, 0.25) is 0 Å². The van der Waals surface area contributed by atoms with Crippen LogP contribution >= 0.6 is 0 Å². The van der Waals surface area contributed by atoms with E-state index in [1.807, 2.05) is 0 Å². The van der Waals surface area contributed by atoms with E-state index in [2.05, 4.69) is 66.7 Å². The van der Waals surface area contributed by atoms with Crippen molar-refractivity contribution in [3.05, 3.63) is 30.1 Å². The molecule has 0 aliphatic carbocycles. The lowest BCUT2D eigenvalue weighted by Crippen LogP contribution is -2.51. The summed E-state index contributed by atoms with van der Waals surface area (Å²) < 4.78 is 7.86. The summed E-state index contributed by atoms with van der Waals surface area (Å²) in [6.07, 6.45) is 0. The highest BCUT2D eigenvalue weighted by Crippen LogP contribution is 2.21. The van der Waals surface area contributed by atoms with Crippen molar-refractivity contribution in [3.63, 3.8) is 0 Å². The topological polar surface area (TPSA) is 42.3 Å². The summed E-state index contributed by atoms with van der Waals surface area (Å²) in [7, 11) is 0. The smallest absolute Gasteiger partial charge is 0.126 e. The third kappa shape index (κ3) is 3.48. The minimum Gasteiger partial charge on any atom is -0.379 e. The van der Waals surface area contributed by atoms with Crippen LogP contribution in [-0.4, -0.2) is 52.8 Å². The Morgan fingerprint density at radius 2 is 2.12 bits per heavy atom. The third-order valence-electron chi connectivity index (χ3n) is 5.09. The van der Waals surface area contributed by atoms with Gasteiger partial charge in [-0.2, -0.15) is 0 Å². The fourth-order valence-electron chi connectivity index (χ4n) is 3.71. The molecule has 3 rings (SSSR count). The van der Waals surface area contributed by atoms with Crippen LogP contribution in [0.25, 0.3) is 11.0 Å². The molecule has 0 saturated carbocycles. The van der Waals surface area contributed by atoms with Gasteiger partial charge in [-0.15, -0.1) is 0 Å². The standard InChI is InChI=1S/C19H30N4O/c1-5-22-18-9-7-6-8-17(18)21-19(22)16(4)20-12-14(2)23-10-11-24-13-15(23)3/h6-9,14-16,20H,5,10-13H2,1-4H3/t14-,15-,16-/m0/s1. The number of morpholine rings is 1. The number of nitrogens with zero attached hydrogens (tertiary/aromatic N) is 3.